The van der Waals surface area contributed by atoms with Gasteiger partial charge in [-0.15, -0.1) is 0 Å². The SMILES string of the molecule is C1CC2CC(C1)C2.C1CC2CCC(C1)C2.C1CC2CCC(C1)C2.C1CC2CCC1C2.C1CC2CCC1CC2.C1CC2CCCC(C1)C2.C1CCC2(C1)CCCC2.C1CCC2(CC1)CCC2.C1CCC2(CC1)CCCC2.C1CCC2(CC1)CCCC2.CCC(C)(C)C.CCC(C)(C)C.CCC(C)(C)C.CCC(C)(C)C.CCC(C)(C)C.CCC(C)(C)C.CCC(C)(C)C.CCC(C)(C)C.CCC(C)(C)C.CCC(C)(C)C. The number of hydrogen-bond donors (Lipinski definition) is 0. The van der Waals surface area contributed by atoms with Crippen LogP contribution in [-0.4, -0.2) is 0 Å². The summed E-state index contributed by atoms with van der Waals surface area (Å²) in [5, 5.41) is 0. The van der Waals surface area contributed by atoms with Crippen LogP contribution >= 0.6 is 0 Å². The highest BCUT2D eigenvalue weighted by Gasteiger charge is 2.41. The van der Waals surface area contributed by atoms with Crippen LogP contribution in [0.3, 0.4) is 0 Å². The van der Waals surface area contributed by atoms with E-state index in [1.165, 1.54) is 236 Å². The van der Waals surface area contributed by atoms with Crippen molar-refractivity contribution in [2.45, 2.75) is 784 Å². The van der Waals surface area contributed by atoms with E-state index in [0.717, 1.165) is 69.0 Å². The van der Waals surface area contributed by atoms with Crippen molar-refractivity contribution in [1.29, 1.82) is 0 Å². The van der Waals surface area contributed by atoms with Crippen LogP contribution in [-0.2, 0) is 0 Å². The molecule has 22 saturated carbocycles. The second-order valence-corrected chi connectivity index (χ2v) is 66.0. The van der Waals surface area contributed by atoms with Crippen LogP contribution in [0.1, 0.15) is 784 Å². The van der Waals surface area contributed by atoms with E-state index in [0.29, 0.717) is 54.1 Å². The Balaban J connectivity index is 0.000000766. The summed E-state index contributed by atoms with van der Waals surface area (Å²) in [7, 11) is 0. The second-order valence-electron chi connectivity index (χ2n) is 66.0. The van der Waals surface area contributed by atoms with Gasteiger partial charge in [-0.05, 0) is 288 Å². The number of hydrogen-bond acceptors (Lipinski definition) is 0. The highest BCUT2D eigenvalue weighted by molar-refractivity contribution is 4.93. The fourth-order valence-corrected chi connectivity index (χ4v) is 25.0. The van der Waals surface area contributed by atoms with Gasteiger partial charge in [0.1, 0.15) is 0 Å². The van der Waals surface area contributed by atoms with Crippen molar-refractivity contribution < 1.29 is 0 Å². The van der Waals surface area contributed by atoms with Gasteiger partial charge in [-0.2, -0.15) is 0 Å². The highest BCUT2D eigenvalue weighted by Crippen LogP contribution is 2.55. The van der Waals surface area contributed by atoms with Crippen molar-refractivity contribution in [2.75, 3.05) is 0 Å². The molecule has 12 bridgehead atoms. The van der Waals surface area contributed by atoms with E-state index in [2.05, 4.69) is 277 Å². The lowest BCUT2D eigenvalue weighted by molar-refractivity contribution is 0.0775. The molecule has 0 nitrogen and oxygen atoms in total. The molecular formula is C145H290. The van der Waals surface area contributed by atoms with Crippen LogP contribution in [0.4, 0.5) is 0 Å². The third kappa shape index (κ3) is 78.0. The van der Waals surface area contributed by atoms with Crippen molar-refractivity contribution in [1.82, 2.24) is 0 Å². The molecule has 22 fully saturated rings. The quantitative estimate of drug-likeness (QED) is 0.227. The second kappa shape index (κ2) is 74.4. The average Bonchev–Trinajstić information content (AvgIpc) is 1.41. The monoisotopic (exact) mass is 2030 g/mol. The Morgan fingerprint density at radius 3 is 0.283 bits per heavy atom. The molecule has 0 heteroatoms. The molecule has 22 aliphatic carbocycles. The predicted octanol–water partition coefficient (Wildman–Crippen LogP) is 52.8. The zero-order valence-electron chi connectivity index (χ0n) is 110. The minimum absolute atomic E-state index is 0.542. The van der Waals surface area contributed by atoms with Crippen LogP contribution in [0, 0.1) is 147 Å². The van der Waals surface area contributed by atoms with Gasteiger partial charge < -0.3 is 0 Å². The summed E-state index contributed by atoms with van der Waals surface area (Å²) in [4.78, 5) is 0. The number of fused-ring (bicyclic) bond motifs is 13. The Kier molecular flexibility index (Phi) is 73.3. The molecule has 0 N–H and O–H groups in total. The van der Waals surface area contributed by atoms with Gasteiger partial charge in [-0.25, -0.2) is 0 Å². The maximum absolute atomic E-state index is 2.24. The molecule has 0 radical (unpaired) electrons. The van der Waals surface area contributed by atoms with Gasteiger partial charge in [0.05, 0.1) is 0 Å². The molecule has 0 amide bonds. The van der Waals surface area contributed by atoms with Gasteiger partial charge in [-0.1, -0.05) is 643 Å². The largest absolute Gasteiger partial charge is 0.0649 e. The normalized spacial score (nSPS) is 28.0. The lowest BCUT2D eigenvalue weighted by atomic mass is 9.61. The van der Waals surface area contributed by atoms with E-state index in [-0.39, 0.29) is 0 Å². The minimum Gasteiger partial charge on any atom is -0.0649 e. The molecule has 22 aliphatic rings. The highest BCUT2D eigenvalue weighted by atomic mass is 14.5. The molecule has 0 aromatic rings. The van der Waals surface area contributed by atoms with Crippen LogP contribution in [0.5, 0.6) is 0 Å². The summed E-state index contributed by atoms with van der Waals surface area (Å²) >= 11 is 0. The Bertz CT molecular complexity index is 2440. The Hall–Kier alpha value is 0. The topological polar surface area (TPSA) is 0 Å². The van der Waals surface area contributed by atoms with Gasteiger partial charge >= 0.3 is 0 Å². The molecule has 4 unspecified atom stereocenters. The van der Waals surface area contributed by atoms with Crippen molar-refractivity contribution in [3.8, 4) is 0 Å². The summed E-state index contributed by atoms with van der Waals surface area (Å²) in [6.07, 6.45) is 120. The molecule has 4 atom stereocenters. The molecule has 4 spiro atoms. The van der Waals surface area contributed by atoms with E-state index in [1.54, 1.807) is 295 Å². The molecule has 0 aromatic heterocycles. The van der Waals surface area contributed by atoms with Gasteiger partial charge in [0.15, 0.2) is 0 Å². The molecule has 145 heavy (non-hydrogen) atoms. The third-order valence-corrected chi connectivity index (χ3v) is 41.4. The Labute approximate surface area is 924 Å². The smallest absolute Gasteiger partial charge is 0.0297 e. The van der Waals surface area contributed by atoms with E-state index in [4.69, 9.17) is 0 Å². The summed E-state index contributed by atoms with van der Waals surface area (Å²) < 4.78 is 0. The Morgan fingerprint density at radius 2 is 0.200 bits per heavy atom. The van der Waals surface area contributed by atoms with E-state index in [1.807, 2.05) is 0 Å². The third-order valence-electron chi connectivity index (χ3n) is 41.4. The molecule has 0 saturated heterocycles. The Morgan fingerprint density at radius 1 is 0.110 bits per heavy atom. The lowest BCUT2D eigenvalue weighted by Crippen LogP contribution is -2.31. The maximum atomic E-state index is 2.24. The van der Waals surface area contributed by atoms with Gasteiger partial charge in [0, 0.05) is 0 Å². The van der Waals surface area contributed by atoms with Gasteiger partial charge in [0.25, 0.3) is 0 Å². The van der Waals surface area contributed by atoms with Crippen molar-refractivity contribution in [2.24, 2.45) is 147 Å². The van der Waals surface area contributed by atoms with Gasteiger partial charge in [-0.3, -0.25) is 0 Å². The van der Waals surface area contributed by atoms with Crippen LogP contribution in [0.25, 0.3) is 0 Å². The standard InChI is InChI=1S/2C10H18.3C9H16.3C8H14.2C7H12.10C6H14/c2*1-2-6-10(7-3-1)8-4-5-9-10;1-3-8-5-2-6-9(4-1)7-8;1-2-6-9(5-1)7-3-4-8-9;1-2-5-9(6-3-1)7-4-8-9;1-2-8-5-3-7(1)4-6-8;2*1-2-7-4-5-8(3-1)6-7;1-2-7-4-3-6(1)5-7;1-2-6-4-7(3-1)5-6;10*1-5-6(2,3)4/h2*1-9H2;8-9H,1-7H2;2*1-8H2;3*7-8H,1-6H2;2*6-7H,1-5H2;10*5H2,1-4H3. The number of rotatable bonds is 0. The molecular weight excluding hydrogens is 1740 g/mol. The molecule has 0 heterocycles. The van der Waals surface area contributed by atoms with Crippen LogP contribution in [0.15, 0.2) is 0 Å². The van der Waals surface area contributed by atoms with E-state index in [9.17, 15) is 0 Å². The molecule has 870 valence electrons. The molecule has 0 aromatic carbocycles. The lowest BCUT2D eigenvalue weighted by Gasteiger charge is -2.45. The first-order valence-corrected chi connectivity index (χ1v) is 67.5. The summed E-state index contributed by atoms with van der Waals surface area (Å²) in [6, 6.07) is 0. The summed E-state index contributed by atoms with van der Waals surface area (Å²) in [5.74, 6) is 14.0. The average molecular weight is 2030 g/mol. The van der Waals surface area contributed by atoms with Crippen molar-refractivity contribution in [3.05, 3.63) is 0 Å². The first-order valence-electron chi connectivity index (χ1n) is 67.5. The fourth-order valence-electron chi connectivity index (χ4n) is 25.0. The van der Waals surface area contributed by atoms with Crippen molar-refractivity contribution in [3.63, 3.8) is 0 Å². The predicted molar refractivity (Wildman–Crippen MR) is 668 cm³/mol. The first-order chi connectivity index (χ1) is 67.5. The van der Waals surface area contributed by atoms with E-state index >= 15 is 0 Å². The fraction of sp³-hybridized carbons (Fsp3) is 1.00. The zero-order valence-corrected chi connectivity index (χ0v) is 110. The van der Waals surface area contributed by atoms with Gasteiger partial charge in [0.2, 0.25) is 0 Å². The van der Waals surface area contributed by atoms with Crippen LogP contribution in [0.2, 0.25) is 0 Å². The zero-order chi connectivity index (χ0) is 110. The maximum Gasteiger partial charge on any atom is -0.0297 e. The molecule has 22 rings (SSSR count). The van der Waals surface area contributed by atoms with Crippen molar-refractivity contribution >= 4 is 0 Å². The summed E-state index contributed by atoms with van der Waals surface area (Å²) in [6.45, 7) is 89.4. The summed E-state index contributed by atoms with van der Waals surface area (Å²) in [5.41, 5.74) is 8.95. The van der Waals surface area contributed by atoms with Crippen LogP contribution < -0.4 is 0 Å². The minimum atomic E-state index is 0.542. The van der Waals surface area contributed by atoms with E-state index < -0.39 is 0 Å². The first kappa shape index (κ1) is 143. The molecule has 0 aliphatic heterocycles.